The maximum absolute atomic E-state index is 12.0. The summed E-state index contributed by atoms with van der Waals surface area (Å²) in [5, 5.41) is 0.753. The van der Waals surface area contributed by atoms with Crippen molar-refractivity contribution in [1.82, 2.24) is 4.90 Å². The number of nitrogens with zero attached hydrogens (tertiary/aromatic N) is 2. The molecule has 1 saturated heterocycles. The minimum atomic E-state index is 0.0792. The normalized spacial score (nSPS) is 16.1. The molecule has 1 heterocycles. The van der Waals surface area contributed by atoms with Gasteiger partial charge in [0.1, 0.15) is 0 Å². The van der Waals surface area contributed by atoms with E-state index in [1.807, 2.05) is 42.2 Å². The molecule has 3 nitrogen and oxygen atoms in total. The predicted octanol–water partition coefficient (Wildman–Crippen LogP) is 3.43. The van der Waals surface area contributed by atoms with Crippen molar-refractivity contribution in [3.05, 3.63) is 53.1 Å². The number of hydrogen-bond donors (Lipinski definition) is 0. The van der Waals surface area contributed by atoms with Gasteiger partial charge in [0.2, 0.25) is 5.91 Å². The first-order chi connectivity index (χ1) is 10.1. The summed E-state index contributed by atoms with van der Waals surface area (Å²) in [4.78, 5) is 16.2. The second kappa shape index (κ2) is 7.32. The fourth-order valence-electron chi connectivity index (χ4n) is 2.45. The van der Waals surface area contributed by atoms with E-state index in [0.29, 0.717) is 0 Å². The van der Waals surface area contributed by atoms with E-state index in [0.717, 1.165) is 31.2 Å². The lowest BCUT2D eigenvalue weighted by Crippen LogP contribution is -2.48. The van der Waals surface area contributed by atoms with E-state index in [2.05, 4.69) is 11.8 Å². The highest BCUT2D eigenvalue weighted by Gasteiger charge is 2.20. The van der Waals surface area contributed by atoms with Crippen LogP contribution in [0.3, 0.4) is 0 Å². The van der Waals surface area contributed by atoms with Crippen LogP contribution in [0.4, 0.5) is 5.69 Å². The molecule has 0 aliphatic carbocycles. The van der Waals surface area contributed by atoms with Crippen molar-refractivity contribution in [2.45, 2.75) is 13.8 Å². The Morgan fingerprint density at radius 3 is 2.57 bits per heavy atom. The number of hydrogen-bond acceptors (Lipinski definition) is 2. The average Bonchev–Trinajstić information content (AvgIpc) is 2.50. The third-order valence-electron chi connectivity index (χ3n) is 3.65. The lowest BCUT2D eigenvalue weighted by molar-refractivity contribution is -0.126. The molecule has 0 saturated carbocycles. The Morgan fingerprint density at radius 2 is 1.90 bits per heavy atom. The van der Waals surface area contributed by atoms with Crippen LogP contribution in [0.25, 0.3) is 0 Å². The molecule has 1 aromatic carbocycles. The first-order valence-corrected chi connectivity index (χ1v) is 7.59. The van der Waals surface area contributed by atoms with Gasteiger partial charge in [0, 0.05) is 43.0 Å². The summed E-state index contributed by atoms with van der Waals surface area (Å²) >= 11 is 6.08. The number of anilines is 1. The summed E-state index contributed by atoms with van der Waals surface area (Å²) in [6.45, 7) is 7.18. The second-order valence-corrected chi connectivity index (χ2v) is 5.56. The van der Waals surface area contributed by atoms with Gasteiger partial charge in [0.05, 0.1) is 0 Å². The standard InChI is InChI=1S/C17H21ClN2O/c1-3-4-5-6-17(21)20-11-9-19(10-12-20)16-13-15(18)8-7-14(16)2/h3-8,13H,9-12H2,1-2H3/b4-3+,6-5+. The van der Waals surface area contributed by atoms with Crippen molar-refractivity contribution in [3.8, 4) is 0 Å². The maximum Gasteiger partial charge on any atom is 0.246 e. The van der Waals surface area contributed by atoms with Gasteiger partial charge in [-0.15, -0.1) is 0 Å². The van der Waals surface area contributed by atoms with Crippen molar-refractivity contribution in [1.29, 1.82) is 0 Å². The Balaban J connectivity index is 1.97. The molecule has 21 heavy (non-hydrogen) atoms. The van der Waals surface area contributed by atoms with Gasteiger partial charge >= 0.3 is 0 Å². The van der Waals surface area contributed by atoms with E-state index >= 15 is 0 Å². The van der Waals surface area contributed by atoms with Gasteiger partial charge in [-0.25, -0.2) is 0 Å². The predicted molar refractivity (Wildman–Crippen MR) is 88.9 cm³/mol. The van der Waals surface area contributed by atoms with Gasteiger partial charge in [0.15, 0.2) is 0 Å². The molecule has 0 radical (unpaired) electrons. The molecule has 4 heteroatoms. The Morgan fingerprint density at radius 1 is 1.19 bits per heavy atom. The summed E-state index contributed by atoms with van der Waals surface area (Å²) in [6, 6.07) is 5.95. The topological polar surface area (TPSA) is 23.6 Å². The molecular formula is C17H21ClN2O. The summed E-state index contributed by atoms with van der Waals surface area (Å²) in [6.07, 6.45) is 7.18. The average molecular weight is 305 g/mol. The van der Waals surface area contributed by atoms with Gasteiger partial charge in [-0.3, -0.25) is 4.79 Å². The van der Waals surface area contributed by atoms with Crippen LogP contribution in [-0.4, -0.2) is 37.0 Å². The van der Waals surface area contributed by atoms with Crippen molar-refractivity contribution >= 4 is 23.2 Å². The number of carbonyl (C=O) groups is 1. The molecule has 1 aromatic rings. The van der Waals surface area contributed by atoms with Crippen LogP contribution < -0.4 is 4.90 Å². The quantitative estimate of drug-likeness (QED) is 0.631. The van der Waals surface area contributed by atoms with Crippen LogP contribution in [0.15, 0.2) is 42.5 Å². The molecule has 0 aromatic heterocycles. The Hall–Kier alpha value is -1.74. The Bertz CT molecular complexity index is 558. The second-order valence-electron chi connectivity index (χ2n) is 5.13. The van der Waals surface area contributed by atoms with Crippen molar-refractivity contribution < 1.29 is 4.79 Å². The zero-order valence-corrected chi connectivity index (χ0v) is 13.3. The molecule has 1 amide bonds. The van der Waals surface area contributed by atoms with E-state index in [4.69, 9.17) is 11.6 Å². The summed E-state index contributed by atoms with van der Waals surface area (Å²) < 4.78 is 0. The number of benzene rings is 1. The lowest BCUT2D eigenvalue weighted by atomic mass is 10.1. The molecule has 0 atom stereocenters. The molecule has 0 bridgehead atoms. The minimum absolute atomic E-state index is 0.0792. The van der Waals surface area contributed by atoms with E-state index in [-0.39, 0.29) is 5.91 Å². The molecule has 112 valence electrons. The van der Waals surface area contributed by atoms with Crippen molar-refractivity contribution in [2.75, 3.05) is 31.1 Å². The van der Waals surface area contributed by atoms with Crippen LogP contribution in [-0.2, 0) is 4.79 Å². The Kier molecular flexibility index (Phi) is 5.45. The number of piperazine rings is 1. The zero-order chi connectivity index (χ0) is 15.2. The largest absolute Gasteiger partial charge is 0.368 e. The first kappa shape index (κ1) is 15.6. The van der Waals surface area contributed by atoms with Crippen LogP contribution in [0.1, 0.15) is 12.5 Å². The third-order valence-corrected chi connectivity index (χ3v) is 3.88. The van der Waals surface area contributed by atoms with Crippen LogP contribution in [0, 0.1) is 6.92 Å². The minimum Gasteiger partial charge on any atom is -0.368 e. The SMILES string of the molecule is C/C=C/C=C/C(=O)N1CCN(c2cc(Cl)ccc2C)CC1. The molecule has 0 N–H and O–H groups in total. The highest BCUT2D eigenvalue weighted by molar-refractivity contribution is 6.30. The van der Waals surface area contributed by atoms with Gasteiger partial charge in [-0.05, 0) is 31.5 Å². The summed E-state index contributed by atoms with van der Waals surface area (Å²) in [7, 11) is 0. The highest BCUT2D eigenvalue weighted by atomic mass is 35.5. The van der Waals surface area contributed by atoms with Crippen molar-refractivity contribution in [3.63, 3.8) is 0 Å². The number of halogens is 1. The van der Waals surface area contributed by atoms with Gasteiger partial charge in [-0.2, -0.15) is 0 Å². The monoisotopic (exact) mass is 304 g/mol. The summed E-state index contributed by atoms with van der Waals surface area (Å²) in [5.41, 5.74) is 2.38. The number of carbonyl (C=O) groups excluding carboxylic acids is 1. The molecule has 2 rings (SSSR count). The van der Waals surface area contributed by atoms with Gasteiger partial charge in [0.25, 0.3) is 0 Å². The zero-order valence-electron chi connectivity index (χ0n) is 12.6. The lowest BCUT2D eigenvalue weighted by Gasteiger charge is -2.36. The number of aryl methyl sites for hydroxylation is 1. The van der Waals surface area contributed by atoms with E-state index in [9.17, 15) is 4.79 Å². The third kappa shape index (κ3) is 4.11. The molecule has 0 unspecified atom stereocenters. The van der Waals surface area contributed by atoms with Crippen molar-refractivity contribution in [2.24, 2.45) is 0 Å². The first-order valence-electron chi connectivity index (χ1n) is 7.21. The fourth-order valence-corrected chi connectivity index (χ4v) is 2.61. The Labute approximate surface area is 131 Å². The van der Waals surface area contributed by atoms with Gasteiger partial charge < -0.3 is 9.80 Å². The highest BCUT2D eigenvalue weighted by Crippen LogP contribution is 2.25. The van der Waals surface area contributed by atoms with E-state index in [1.165, 1.54) is 11.3 Å². The molecule has 1 aliphatic heterocycles. The smallest absolute Gasteiger partial charge is 0.246 e. The van der Waals surface area contributed by atoms with E-state index < -0.39 is 0 Å². The fraction of sp³-hybridized carbons (Fsp3) is 0.353. The number of allylic oxidation sites excluding steroid dienone is 3. The molecule has 1 fully saturated rings. The molecule has 1 aliphatic rings. The van der Waals surface area contributed by atoms with Crippen LogP contribution in [0.2, 0.25) is 5.02 Å². The number of rotatable bonds is 3. The maximum atomic E-state index is 12.0. The summed E-state index contributed by atoms with van der Waals surface area (Å²) in [5.74, 6) is 0.0792. The van der Waals surface area contributed by atoms with Crippen LogP contribution in [0.5, 0.6) is 0 Å². The van der Waals surface area contributed by atoms with E-state index in [1.54, 1.807) is 12.2 Å². The number of amides is 1. The molecule has 0 spiro atoms. The molecular weight excluding hydrogens is 284 g/mol. The van der Waals surface area contributed by atoms with Gasteiger partial charge in [-0.1, -0.05) is 35.9 Å². The van der Waals surface area contributed by atoms with Crippen LogP contribution >= 0.6 is 11.6 Å².